The van der Waals surface area contributed by atoms with E-state index < -0.39 is 0 Å². The van der Waals surface area contributed by atoms with Gasteiger partial charge in [0.2, 0.25) is 0 Å². The maximum Gasteiger partial charge on any atom is 0.156 e. The molecule has 0 saturated carbocycles. The Kier molecular flexibility index (Phi) is 3.52. The lowest BCUT2D eigenvalue weighted by Crippen LogP contribution is -2.08. The van der Waals surface area contributed by atoms with Gasteiger partial charge in [0, 0.05) is 12.7 Å². The fourth-order valence-electron chi connectivity index (χ4n) is 1.69. The number of aromatic nitrogens is 3. The molecule has 0 fully saturated rings. The van der Waals surface area contributed by atoms with Crippen molar-refractivity contribution in [1.29, 1.82) is 0 Å². The lowest BCUT2D eigenvalue weighted by atomic mass is 10.1. The molecule has 1 N–H and O–H groups in total. The first-order valence-electron chi connectivity index (χ1n) is 6.00. The van der Waals surface area contributed by atoms with Crippen LogP contribution in [0.1, 0.15) is 26.1 Å². The van der Waals surface area contributed by atoms with Gasteiger partial charge in [0.25, 0.3) is 0 Å². The Morgan fingerprint density at radius 1 is 1.29 bits per heavy atom. The molecular weight excluding hydrogens is 212 g/mol. The first-order valence-corrected chi connectivity index (χ1v) is 6.00. The average molecular weight is 230 g/mol. The van der Waals surface area contributed by atoms with Crippen molar-refractivity contribution in [2.45, 2.75) is 27.2 Å². The maximum atomic E-state index is 4.41. The second-order valence-corrected chi connectivity index (χ2v) is 4.60. The van der Waals surface area contributed by atoms with E-state index in [4.69, 9.17) is 0 Å². The van der Waals surface area contributed by atoms with E-state index in [9.17, 15) is 0 Å². The van der Waals surface area contributed by atoms with Crippen LogP contribution in [0, 0.1) is 12.8 Å². The molecule has 0 spiro atoms. The highest BCUT2D eigenvalue weighted by atomic mass is 15.0. The van der Waals surface area contributed by atoms with Crippen molar-refractivity contribution in [2.75, 3.05) is 11.9 Å². The largest absolute Gasteiger partial charge is 0.368 e. The minimum atomic E-state index is 0.685. The predicted octanol–water partition coefficient (Wildman–Crippen LogP) is 2.79. The highest BCUT2D eigenvalue weighted by Crippen LogP contribution is 2.17. The van der Waals surface area contributed by atoms with Gasteiger partial charge in [-0.25, -0.2) is 9.97 Å². The van der Waals surface area contributed by atoms with Gasteiger partial charge in [0.1, 0.15) is 11.3 Å². The highest BCUT2D eigenvalue weighted by Gasteiger charge is 2.06. The number of hydrogen-bond acceptors (Lipinski definition) is 4. The number of nitrogens with one attached hydrogen (secondary N) is 1. The molecule has 90 valence electrons. The zero-order chi connectivity index (χ0) is 12.3. The van der Waals surface area contributed by atoms with Gasteiger partial charge in [-0.3, -0.25) is 4.98 Å². The number of anilines is 1. The van der Waals surface area contributed by atoms with Crippen LogP contribution < -0.4 is 5.32 Å². The van der Waals surface area contributed by atoms with Crippen molar-refractivity contribution in [3.63, 3.8) is 0 Å². The normalized spacial score (nSPS) is 11.1. The first-order chi connectivity index (χ1) is 8.16. The van der Waals surface area contributed by atoms with Crippen LogP contribution in [0.25, 0.3) is 11.0 Å². The number of pyridine rings is 1. The zero-order valence-corrected chi connectivity index (χ0v) is 10.6. The van der Waals surface area contributed by atoms with E-state index in [1.54, 1.807) is 6.20 Å². The van der Waals surface area contributed by atoms with Crippen molar-refractivity contribution >= 4 is 16.9 Å². The van der Waals surface area contributed by atoms with Gasteiger partial charge in [0.05, 0.1) is 5.52 Å². The van der Waals surface area contributed by atoms with Crippen molar-refractivity contribution < 1.29 is 0 Å². The van der Waals surface area contributed by atoms with Gasteiger partial charge in [-0.05, 0) is 31.4 Å². The Bertz CT molecular complexity index is 508. The van der Waals surface area contributed by atoms with E-state index in [1.165, 1.54) is 0 Å². The van der Waals surface area contributed by atoms with Gasteiger partial charge >= 0.3 is 0 Å². The molecule has 4 nitrogen and oxygen atoms in total. The van der Waals surface area contributed by atoms with E-state index >= 15 is 0 Å². The monoisotopic (exact) mass is 230 g/mol. The molecule has 0 bridgehead atoms. The highest BCUT2D eigenvalue weighted by molar-refractivity contribution is 5.84. The summed E-state index contributed by atoms with van der Waals surface area (Å²) in [6.45, 7) is 7.24. The third-order valence-electron chi connectivity index (χ3n) is 2.58. The molecule has 0 saturated heterocycles. The Hall–Kier alpha value is -1.71. The Labute approximate surface area is 102 Å². The summed E-state index contributed by atoms with van der Waals surface area (Å²) in [6, 6.07) is 3.86. The maximum absolute atomic E-state index is 4.41. The van der Waals surface area contributed by atoms with E-state index in [-0.39, 0.29) is 0 Å². The fourth-order valence-corrected chi connectivity index (χ4v) is 1.69. The van der Waals surface area contributed by atoms with Gasteiger partial charge in [-0.1, -0.05) is 13.8 Å². The third kappa shape index (κ3) is 2.90. The lowest BCUT2D eigenvalue weighted by molar-refractivity contribution is 0.606. The van der Waals surface area contributed by atoms with Gasteiger partial charge in [-0.15, -0.1) is 0 Å². The second-order valence-electron chi connectivity index (χ2n) is 4.60. The van der Waals surface area contributed by atoms with E-state index in [0.717, 1.165) is 35.6 Å². The van der Waals surface area contributed by atoms with Crippen LogP contribution in [0.3, 0.4) is 0 Å². The number of aryl methyl sites for hydroxylation is 1. The number of fused-ring (bicyclic) bond motifs is 1. The predicted molar refractivity (Wildman–Crippen MR) is 70.0 cm³/mol. The van der Waals surface area contributed by atoms with Crippen molar-refractivity contribution in [3.8, 4) is 0 Å². The number of nitrogens with zero attached hydrogens (tertiary/aromatic N) is 3. The molecule has 0 radical (unpaired) electrons. The third-order valence-corrected chi connectivity index (χ3v) is 2.58. The molecule has 0 atom stereocenters. The van der Waals surface area contributed by atoms with Crippen LogP contribution in [-0.4, -0.2) is 21.5 Å². The average Bonchev–Trinajstić information content (AvgIpc) is 2.28. The molecule has 0 aliphatic rings. The molecular formula is C13H18N4. The Balaban J connectivity index is 2.26. The minimum absolute atomic E-state index is 0.685. The van der Waals surface area contributed by atoms with Crippen LogP contribution in [0.2, 0.25) is 0 Å². The smallest absolute Gasteiger partial charge is 0.156 e. The van der Waals surface area contributed by atoms with Gasteiger partial charge in [0.15, 0.2) is 5.82 Å². The standard InChI is InChI=1S/C13H18N4/c1-9(2)6-8-15-13-12-11(5-4-7-14-12)16-10(3)17-13/h4-5,7,9H,6,8H2,1-3H3,(H,15,16,17). The quantitative estimate of drug-likeness (QED) is 0.877. The lowest BCUT2D eigenvalue weighted by Gasteiger charge is -2.09. The molecule has 4 heteroatoms. The number of rotatable bonds is 4. The van der Waals surface area contributed by atoms with Crippen LogP contribution in [0.4, 0.5) is 5.82 Å². The first kappa shape index (κ1) is 11.8. The van der Waals surface area contributed by atoms with Crippen LogP contribution in [0.5, 0.6) is 0 Å². The molecule has 17 heavy (non-hydrogen) atoms. The van der Waals surface area contributed by atoms with Gasteiger partial charge in [-0.2, -0.15) is 0 Å². The van der Waals surface area contributed by atoms with E-state index in [2.05, 4.69) is 34.1 Å². The molecule has 2 rings (SSSR count). The summed E-state index contributed by atoms with van der Waals surface area (Å²) in [6.07, 6.45) is 2.89. The van der Waals surface area contributed by atoms with E-state index in [1.807, 2.05) is 19.1 Å². The molecule has 0 aromatic carbocycles. The van der Waals surface area contributed by atoms with Crippen molar-refractivity contribution in [3.05, 3.63) is 24.2 Å². The van der Waals surface area contributed by atoms with Crippen LogP contribution in [-0.2, 0) is 0 Å². The summed E-state index contributed by atoms with van der Waals surface area (Å²) < 4.78 is 0. The minimum Gasteiger partial charge on any atom is -0.368 e. The van der Waals surface area contributed by atoms with Crippen LogP contribution >= 0.6 is 0 Å². The zero-order valence-electron chi connectivity index (χ0n) is 10.6. The summed E-state index contributed by atoms with van der Waals surface area (Å²) in [4.78, 5) is 13.1. The topological polar surface area (TPSA) is 50.7 Å². The summed E-state index contributed by atoms with van der Waals surface area (Å²) >= 11 is 0. The summed E-state index contributed by atoms with van der Waals surface area (Å²) in [5.41, 5.74) is 1.74. The fraction of sp³-hybridized carbons (Fsp3) is 0.462. The molecule has 2 aromatic rings. The van der Waals surface area contributed by atoms with Crippen molar-refractivity contribution in [1.82, 2.24) is 15.0 Å². The number of hydrogen-bond donors (Lipinski definition) is 1. The molecule has 0 aliphatic heterocycles. The molecule has 0 aliphatic carbocycles. The molecule has 0 amide bonds. The SMILES string of the molecule is Cc1nc(NCCC(C)C)c2ncccc2n1. The van der Waals surface area contributed by atoms with Crippen molar-refractivity contribution in [2.24, 2.45) is 5.92 Å². The summed E-state index contributed by atoms with van der Waals surface area (Å²) in [7, 11) is 0. The van der Waals surface area contributed by atoms with Gasteiger partial charge < -0.3 is 5.32 Å². The molecule has 2 aromatic heterocycles. The van der Waals surface area contributed by atoms with Crippen LogP contribution in [0.15, 0.2) is 18.3 Å². The van der Waals surface area contributed by atoms with E-state index in [0.29, 0.717) is 5.92 Å². The summed E-state index contributed by atoms with van der Waals surface area (Å²) in [5.74, 6) is 2.30. The second kappa shape index (κ2) is 5.08. The molecule has 2 heterocycles. The molecule has 0 unspecified atom stereocenters. The Morgan fingerprint density at radius 2 is 2.12 bits per heavy atom. The summed E-state index contributed by atoms with van der Waals surface area (Å²) in [5, 5.41) is 3.35. The Morgan fingerprint density at radius 3 is 2.88 bits per heavy atom.